The summed E-state index contributed by atoms with van der Waals surface area (Å²) in [6.07, 6.45) is 1.77. The summed E-state index contributed by atoms with van der Waals surface area (Å²) >= 11 is 0. The lowest BCUT2D eigenvalue weighted by atomic mass is 10.1. The average Bonchev–Trinajstić information content (AvgIpc) is 2.05. The standard InChI is InChI=1S/C8H16N2O2/c1-2-12-8(11)10-5-3-4-7(9)6-10/h7H,2-6,9H2,1H3/t7-/m1/s1. The van der Waals surface area contributed by atoms with Crippen LogP contribution in [0.2, 0.25) is 0 Å². The minimum absolute atomic E-state index is 0.128. The second-order valence-corrected chi connectivity index (χ2v) is 3.05. The van der Waals surface area contributed by atoms with Crippen molar-refractivity contribution in [2.24, 2.45) is 5.73 Å². The van der Waals surface area contributed by atoms with Crippen molar-refractivity contribution in [3.05, 3.63) is 0 Å². The fourth-order valence-corrected chi connectivity index (χ4v) is 1.39. The Bertz CT molecular complexity index is 161. The Labute approximate surface area is 72.7 Å². The van der Waals surface area contributed by atoms with Crippen molar-refractivity contribution in [2.45, 2.75) is 25.8 Å². The van der Waals surface area contributed by atoms with Crippen LogP contribution in [-0.2, 0) is 4.74 Å². The molecule has 4 heteroatoms. The van der Waals surface area contributed by atoms with Crippen molar-refractivity contribution in [2.75, 3.05) is 19.7 Å². The van der Waals surface area contributed by atoms with E-state index in [0.717, 1.165) is 19.4 Å². The second kappa shape index (κ2) is 4.30. The number of amides is 1. The van der Waals surface area contributed by atoms with Crippen molar-refractivity contribution in [3.8, 4) is 0 Å². The predicted molar refractivity (Wildman–Crippen MR) is 45.8 cm³/mol. The van der Waals surface area contributed by atoms with E-state index in [0.29, 0.717) is 13.2 Å². The number of piperidine rings is 1. The molecule has 12 heavy (non-hydrogen) atoms. The third kappa shape index (κ3) is 2.37. The topological polar surface area (TPSA) is 55.6 Å². The van der Waals surface area contributed by atoms with E-state index in [-0.39, 0.29) is 12.1 Å². The first-order valence-corrected chi connectivity index (χ1v) is 4.41. The highest BCUT2D eigenvalue weighted by atomic mass is 16.6. The summed E-state index contributed by atoms with van der Waals surface area (Å²) in [5.41, 5.74) is 5.71. The molecular formula is C8H16N2O2. The van der Waals surface area contributed by atoms with Crippen molar-refractivity contribution < 1.29 is 9.53 Å². The van der Waals surface area contributed by atoms with Gasteiger partial charge in [0.15, 0.2) is 0 Å². The molecule has 0 bridgehead atoms. The van der Waals surface area contributed by atoms with Gasteiger partial charge in [-0.25, -0.2) is 4.79 Å². The fraction of sp³-hybridized carbons (Fsp3) is 0.875. The van der Waals surface area contributed by atoms with Gasteiger partial charge in [-0.15, -0.1) is 0 Å². The van der Waals surface area contributed by atoms with Crippen LogP contribution in [0.25, 0.3) is 0 Å². The zero-order chi connectivity index (χ0) is 8.97. The van der Waals surface area contributed by atoms with E-state index < -0.39 is 0 Å². The number of nitrogens with two attached hydrogens (primary N) is 1. The molecule has 0 radical (unpaired) electrons. The predicted octanol–water partition coefficient (Wildman–Crippen LogP) is 0.566. The van der Waals surface area contributed by atoms with Crippen LogP contribution in [0.5, 0.6) is 0 Å². The molecule has 0 spiro atoms. The summed E-state index contributed by atoms with van der Waals surface area (Å²) in [6, 6.07) is 0.128. The third-order valence-electron chi connectivity index (χ3n) is 1.98. The largest absolute Gasteiger partial charge is 0.450 e. The van der Waals surface area contributed by atoms with Crippen LogP contribution in [0, 0.1) is 0 Å². The Balaban J connectivity index is 2.35. The SMILES string of the molecule is CCOC(=O)N1CCC[C@@H](N)C1. The number of carbonyl (C=O) groups excluding carboxylic acids is 1. The van der Waals surface area contributed by atoms with Crippen LogP contribution >= 0.6 is 0 Å². The average molecular weight is 172 g/mol. The van der Waals surface area contributed by atoms with Gasteiger partial charge in [0.1, 0.15) is 0 Å². The zero-order valence-electron chi connectivity index (χ0n) is 7.45. The van der Waals surface area contributed by atoms with Gasteiger partial charge < -0.3 is 15.4 Å². The summed E-state index contributed by atoms with van der Waals surface area (Å²) in [4.78, 5) is 12.9. The first-order chi connectivity index (χ1) is 5.74. The Morgan fingerprint density at radius 3 is 3.08 bits per heavy atom. The third-order valence-corrected chi connectivity index (χ3v) is 1.98. The molecule has 1 rings (SSSR count). The molecule has 2 N–H and O–H groups in total. The number of nitrogens with zero attached hydrogens (tertiary/aromatic N) is 1. The lowest BCUT2D eigenvalue weighted by molar-refractivity contribution is 0.0962. The summed E-state index contributed by atoms with van der Waals surface area (Å²) in [7, 11) is 0. The monoisotopic (exact) mass is 172 g/mol. The normalized spacial score (nSPS) is 23.8. The fourth-order valence-electron chi connectivity index (χ4n) is 1.39. The molecule has 0 saturated carbocycles. The quantitative estimate of drug-likeness (QED) is 0.629. The molecule has 0 aliphatic carbocycles. The van der Waals surface area contributed by atoms with Gasteiger partial charge in [-0.2, -0.15) is 0 Å². The van der Waals surface area contributed by atoms with E-state index in [1.807, 2.05) is 6.92 Å². The van der Waals surface area contributed by atoms with E-state index in [9.17, 15) is 4.79 Å². The number of rotatable bonds is 1. The first-order valence-electron chi connectivity index (χ1n) is 4.41. The van der Waals surface area contributed by atoms with Crippen LogP contribution in [-0.4, -0.2) is 36.7 Å². The summed E-state index contributed by atoms with van der Waals surface area (Å²) in [5, 5.41) is 0. The molecule has 0 aromatic carbocycles. The molecule has 0 aromatic heterocycles. The van der Waals surface area contributed by atoms with Gasteiger partial charge >= 0.3 is 6.09 Å². The second-order valence-electron chi connectivity index (χ2n) is 3.05. The molecule has 1 saturated heterocycles. The summed E-state index contributed by atoms with van der Waals surface area (Å²) in [5.74, 6) is 0. The van der Waals surface area contributed by atoms with E-state index >= 15 is 0 Å². The van der Waals surface area contributed by atoms with E-state index in [1.54, 1.807) is 4.90 Å². The molecule has 1 fully saturated rings. The van der Waals surface area contributed by atoms with Crippen molar-refractivity contribution in [1.29, 1.82) is 0 Å². The van der Waals surface area contributed by atoms with Gasteiger partial charge in [-0.1, -0.05) is 0 Å². The summed E-state index contributed by atoms with van der Waals surface area (Å²) in [6.45, 7) is 3.66. The van der Waals surface area contributed by atoms with Gasteiger partial charge in [0, 0.05) is 19.1 Å². The molecule has 0 aromatic rings. The van der Waals surface area contributed by atoms with Crippen molar-refractivity contribution in [3.63, 3.8) is 0 Å². The van der Waals surface area contributed by atoms with E-state index in [4.69, 9.17) is 10.5 Å². The Morgan fingerprint density at radius 1 is 1.75 bits per heavy atom. The van der Waals surface area contributed by atoms with Crippen LogP contribution in [0.15, 0.2) is 0 Å². The lowest BCUT2D eigenvalue weighted by Crippen LogP contribution is -2.45. The van der Waals surface area contributed by atoms with Crippen LogP contribution in [0.4, 0.5) is 4.79 Å². The number of ether oxygens (including phenoxy) is 1. The van der Waals surface area contributed by atoms with Crippen molar-refractivity contribution >= 4 is 6.09 Å². The summed E-state index contributed by atoms with van der Waals surface area (Å²) < 4.78 is 4.86. The highest BCUT2D eigenvalue weighted by Crippen LogP contribution is 2.08. The molecule has 1 heterocycles. The van der Waals surface area contributed by atoms with Crippen LogP contribution < -0.4 is 5.73 Å². The smallest absolute Gasteiger partial charge is 0.409 e. The minimum atomic E-state index is -0.229. The highest BCUT2D eigenvalue weighted by molar-refractivity contribution is 5.67. The molecule has 70 valence electrons. The first kappa shape index (κ1) is 9.32. The number of carbonyl (C=O) groups is 1. The van der Waals surface area contributed by atoms with Gasteiger partial charge in [-0.3, -0.25) is 0 Å². The molecule has 0 unspecified atom stereocenters. The maximum absolute atomic E-state index is 11.2. The lowest BCUT2D eigenvalue weighted by Gasteiger charge is -2.29. The maximum atomic E-state index is 11.2. The van der Waals surface area contributed by atoms with Gasteiger partial charge in [0.05, 0.1) is 6.61 Å². The van der Waals surface area contributed by atoms with Crippen LogP contribution in [0.1, 0.15) is 19.8 Å². The van der Waals surface area contributed by atoms with Gasteiger partial charge in [-0.05, 0) is 19.8 Å². The molecule has 1 atom stereocenters. The Morgan fingerprint density at radius 2 is 2.50 bits per heavy atom. The molecule has 1 amide bonds. The molecular weight excluding hydrogens is 156 g/mol. The Hall–Kier alpha value is -0.770. The minimum Gasteiger partial charge on any atom is -0.450 e. The maximum Gasteiger partial charge on any atom is 0.409 e. The van der Waals surface area contributed by atoms with Gasteiger partial charge in [0.2, 0.25) is 0 Å². The molecule has 1 aliphatic rings. The molecule has 4 nitrogen and oxygen atoms in total. The van der Waals surface area contributed by atoms with Crippen LogP contribution in [0.3, 0.4) is 0 Å². The van der Waals surface area contributed by atoms with Gasteiger partial charge in [0.25, 0.3) is 0 Å². The Kier molecular flexibility index (Phi) is 3.34. The number of hydrogen-bond acceptors (Lipinski definition) is 3. The van der Waals surface area contributed by atoms with E-state index in [1.165, 1.54) is 0 Å². The van der Waals surface area contributed by atoms with E-state index in [2.05, 4.69) is 0 Å². The molecule has 1 aliphatic heterocycles. The number of likely N-dealkylation sites (tertiary alicyclic amines) is 1. The highest BCUT2D eigenvalue weighted by Gasteiger charge is 2.21. The number of hydrogen-bond donors (Lipinski definition) is 1. The van der Waals surface area contributed by atoms with Crippen molar-refractivity contribution in [1.82, 2.24) is 4.90 Å². The zero-order valence-corrected chi connectivity index (χ0v) is 7.45.